The zero-order chi connectivity index (χ0) is 19.4. The van der Waals surface area contributed by atoms with Gasteiger partial charge in [-0.1, -0.05) is 30.3 Å². The molecule has 2 aromatic rings. The SMILES string of the molecule is CN(C(=O)CN1C[C@@H](CN)[C@H](c2ccccc2)C1)c1ccc([N+](=O)[O-])cc1.Cl. The lowest BCUT2D eigenvalue weighted by Crippen LogP contribution is -2.37. The van der Waals surface area contributed by atoms with Crippen LogP contribution in [-0.2, 0) is 4.79 Å². The van der Waals surface area contributed by atoms with Crippen LogP contribution in [0, 0.1) is 16.0 Å². The third-order valence-corrected chi connectivity index (χ3v) is 5.23. The second-order valence-electron chi connectivity index (χ2n) is 6.93. The Labute approximate surface area is 170 Å². The third kappa shape index (κ3) is 4.86. The van der Waals surface area contributed by atoms with E-state index in [4.69, 9.17) is 5.73 Å². The minimum atomic E-state index is -0.452. The number of nitro benzene ring substituents is 1. The number of carbonyl (C=O) groups excluding carboxylic acids is 1. The average molecular weight is 405 g/mol. The number of nitro groups is 1. The molecule has 0 aliphatic carbocycles. The molecule has 0 saturated carbocycles. The van der Waals surface area contributed by atoms with Crippen molar-refractivity contribution in [2.45, 2.75) is 5.92 Å². The first-order valence-corrected chi connectivity index (χ1v) is 8.98. The van der Waals surface area contributed by atoms with Gasteiger partial charge in [-0.3, -0.25) is 19.8 Å². The molecule has 0 bridgehead atoms. The molecule has 2 aromatic carbocycles. The van der Waals surface area contributed by atoms with Crippen molar-refractivity contribution in [3.05, 3.63) is 70.3 Å². The van der Waals surface area contributed by atoms with E-state index in [1.165, 1.54) is 22.6 Å². The van der Waals surface area contributed by atoms with E-state index in [2.05, 4.69) is 17.0 Å². The molecule has 1 amide bonds. The van der Waals surface area contributed by atoms with Crippen LogP contribution >= 0.6 is 12.4 Å². The molecule has 150 valence electrons. The summed E-state index contributed by atoms with van der Waals surface area (Å²) in [4.78, 5) is 26.7. The molecule has 7 nitrogen and oxygen atoms in total. The predicted molar refractivity (Wildman–Crippen MR) is 112 cm³/mol. The van der Waals surface area contributed by atoms with E-state index in [0.29, 0.717) is 30.6 Å². The van der Waals surface area contributed by atoms with Crippen LogP contribution in [-0.4, -0.2) is 49.0 Å². The van der Waals surface area contributed by atoms with Crippen LogP contribution in [0.2, 0.25) is 0 Å². The Morgan fingerprint density at radius 2 is 1.82 bits per heavy atom. The fourth-order valence-electron chi connectivity index (χ4n) is 3.65. The summed E-state index contributed by atoms with van der Waals surface area (Å²) in [6.45, 7) is 2.47. The van der Waals surface area contributed by atoms with Crippen LogP contribution in [0.1, 0.15) is 11.5 Å². The normalized spacial score (nSPS) is 19.1. The summed E-state index contributed by atoms with van der Waals surface area (Å²) in [5.41, 5.74) is 7.87. The van der Waals surface area contributed by atoms with Crippen molar-refractivity contribution < 1.29 is 9.72 Å². The average Bonchev–Trinajstić information content (AvgIpc) is 3.11. The zero-order valence-corrected chi connectivity index (χ0v) is 16.5. The van der Waals surface area contributed by atoms with Crippen LogP contribution in [0.25, 0.3) is 0 Å². The number of benzene rings is 2. The first-order chi connectivity index (χ1) is 13.0. The first-order valence-electron chi connectivity index (χ1n) is 8.98. The number of nitrogens with two attached hydrogens (primary N) is 1. The highest BCUT2D eigenvalue weighted by Crippen LogP contribution is 2.32. The predicted octanol–water partition coefficient (Wildman–Crippen LogP) is 2.65. The van der Waals surface area contributed by atoms with Crippen LogP contribution < -0.4 is 10.6 Å². The van der Waals surface area contributed by atoms with Crippen LogP contribution in [0.15, 0.2) is 54.6 Å². The Hall–Kier alpha value is -2.48. The van der Waals surface area contributed by atoms with Crippen molar-refractivity contribution >= 4 is 29.7 Å². The molecule has 1 heterocycles. The van der Waals surface area contributed by atoms with Gasteiger partial charge in [0.05, 0.1) is 11.5 Å². The molecule has 1 saturated heterocycles. The molecule has 3 rings (SSSR count). The van der Waals surface area contributed by atoms with Crippen molar-refractivity contribution in [2.75, 3.05) is 38.1 Å². The summed E-state index contributed by atoms with van der Waals surface area (Å²) in [5, 5.41) is 10.8. The number of halogens is 1. The maximum absolute atomic E-state index is 12.7. The molecular formula is C20H25ClN4O3. The first kappa shape index (κ1) is 21.8. The topological polar surface area (TPSA) is 92.7 Å². The van der Waals surface area contributed by atoms with E-state index in [1.54, 1.807) is 19.2 Å². The lowest BCUT2D eigenvalue weighted by atomic mass is 9.89. The van der Waals surface area contributed by atoms with Gasteiger partial charge in [0.15, 0.2) is 0 Å². The number of hydrogen-bond donors (Lipinski definition) is 1. The Kier molecular flexibility index (Phi) is 7.51. The number of non-ortho nitro benzene ring substituents is 1. The second kappa shape index (κ2) is 9.64. The third-order valence-electron chi connectivity index (χ3n) is 5.23. The maximum Gasteiger partial charge on any atom is 0.269 e. The standard InChI is InChI=1S/C20H24N4O3.ClH/c1-22(17-7-9-18(10-8-17)24(26)27)20(25)14-23-12-16(11-21)19(13-23)15-5-3-2-4-6-15;/h2-10,16,19H,11-14,21H2,1H3;1H/t16-,19+;/m1./s1. The number of carbonyl (C=O) groups is 1. The van der Waals surface area contributed by atoms with E-state index in [1.807, 2.05) is 18.2 Å². The molecule has 1 aliphatic rings. The summed E-state index contributed by atoms with van der Waals surface area (Å²) in [6.07, 6.45) is 0. The van der Waals surface area contributed by atoms with Crippen LogP contribution in [0.5, 0.6) is 0 Å². The molecule has 1 aliphatic heterocycles. The van der Waals surface area contributed by atoms with Gasteiger partial charge < -0.3 is 10.6 Å². The maximum atomic E-state index is 12.7. The molecular weight excluding hydrogens is 380 g/mol. The van der Waals surface area contributed by atoms with E-state index in [0.717, 1.165) is 13.1 Å². The summed E-state index contributed by atoms with van der Waals surface area (Å²) in [7, 11) is 1.69. The van der Waals surface area contributed by atoms with Gasteiger partial charge in [0.1, 0.15) is 0 Å². The Balaban J connectivity index is 0.00000280. The number of anilines is 1. The zero-order valence-electron chi connectivity index (χ0n) is 15.7. The van der Waals surface area contributed by atoms with E-state index >= 15 is 0 Å². The van der Waals surface area contributed by atoms with E-state index in [-0.39, 0.29) is 24.0 Å². The van der Waals surface area contributed by atoms with Gasteiger partial charge >= 0.3 is 0 Å². The Morgan fingerprint density at radius 3 is 2.39 bits per heavy atom. The molecule has 2 atom stereocenters. The highest BCUT2D eigenvalue weighted by molar-refractivity contribution is 5.94. The fraction of sp³-hybridized carbons (Fsp3) is 0.350. The fourth-order valence-corrected chi connectivity index (χ4v) is 3.65. The van der Waals surface area contributed by atoms with Crippen molar-refractivity contribution in [2.24, 2.45) is 11.7 Å². The van der Waals surface area contributed by atoms with Crippen molar-refractivity contribution in [1.29, 1.82) is 0 Å². The minimum absolute atomic E-state index is 0. The van der Waals surface area contributed by atoms with Gasteiger partial charge in [0, 0.05) is 43.9 Å². The summed E-state index contributed by atoms with van der Waals surface area (Å²) < 4.78 is 0. The van der Waals surface area contributed by atoms with Gasteiger partial charge in [-0.25, -0.2) is 0 Å². The van der Waals surface area contributed by atoms with Gasteiger partial charge in [0.25, 0.3) is 5.69 Å². The summed E-state index contributed by atoms with van der Waals surface area (Å²) >= 11 is 0. The monoisotopic (exact) mass is 404 g/mol. The van der Waals surface area contributed by atoms with Crippen LogP contribution in [0.4, 0.5) is 11.4 Å². The van der Waals surface area contributed by atoms with Crippen molar-refractivity contribution in [1.82, 2.24) is 4.90 Å². The molecule has 0 aromatic heterocycles. The Bertz CT molecular complexity index is 801. The Morgan fingerprint density at radius 1 is 1.18 bits per heavy atom. The number of likely N-dealkylation sites (N-methyl/N-ethyl adjacent to an activating group) is 1. The number of likely N-dealkylation sites (tertiary alicyclic amines) is 1. The molecule has 2 N–H and O–H groups in total. The molecule has 8 heteroatoms. The molecule has 0 spiro atoms. The lowest BCUT2D eigenvalue weighted by molar-refractivity contribution is -0.384. The van der Waals surface area contributed by atoms with Crippen molar-refractivity contribution in [3.63, 3.8) is 0 Å². The molecule has 0 radical (unpaired) electrons. The van der Waals surface area contributed by atoms with Gasteiger partial charge in [0.2, 0.25) is 5.91 Å². The van der Waals surface area contributed by atoms with Gasteiger partial charge in [-0.2, -0.15) is 0 Å². The quantitative estimate of drug-likeness (QED) is 0.590. The molecule has 0 unspecified atom stereocenters. The van der Waals surface area contributed by atoms with Crippen molar-refractivity contribution in [3.8, 4) is 0 Å². The van der Waals surface area contributed by atoms with Gasteiger partial charge in [-0.15, -0.1) is 12.4 Å². The minimum Gasteiger partial charge on any atom is -0.330 e. The molecule has 1 fully saturated rings. The second-order valence-corrected chi connectivity index (χ2v) is 6.93. The van der Waals surface area contributed by atoms with E-state index in [9.17, 15) is 14.9 Å². The highest BCUT2D eigenvalue weighted by atomic mass is 35.5. The number of rotatable bonds is 6. The number of hydrogen-bond acceptors (Lipinski definition) is 5. The van der Waals surface area contributed by atoms with Gasteiger partial charge in [-0.05, 0) is 30.2 Å². The molecule has 28 heavy (non-hydrogen) atoms. The number of amides is 1. The van der Waals surface area contributed by atoms with E-state index < -0.39 is 4.92 Å². The summed E-state index contributed by atoms with van der Waals surface area (Å²) in [5.74, 6) is 0.604. The lowest BCUT2D eigenvalue weighted by Gasteiger charge is -2.21. The highest BCUT2D eigenvalue weighted by Gasteiger charge is 2.34. The summed E-state index contributed by atoms with van der Waals surface area (Å²) in [6, 6.07) is 16.3. The smallest absolute Gasteiger partial charge is 0.269 e. The largest absolute Gasteiger partial charge is 0.330 e. The number of nitrogens with zero attached hydrogens (tertiary/aromatic N) is 3. The van der Waals surface area contributed by atoms with Crippen LogP contribution in [0.3, 0.4) is 0 Å².